The van der Waals surface area contributed by atoms with Crippen molar-refractivity contribution in [1.29, 1.82) is 0 Å². The van der Waals surface area contributed by atoms with Gasteiger partial charge in [0.1, 0.15) is 11.3 Å². The van der Waals surface area contributed by atoms with Crippen LogP contribution < -0.4 is 0 Å². The topological polar surface area (TPSA) is 63.3 Å². The summed E-state index contributed by atoms with van der Waals surface area (Å²) in [5.41, 5.74) is 0.885. The first-order valence-corrected chi connectivity index (χ1v) is 7.24. The van der Waals surface area contributed by atoms with E-state index in [0.29, 0.717) is 22.8 Å². The maximum absolute atomic E-state index is 11.5. The molecule has 20 heavy (non-hydrogen) atoms. The van der Waals surface area contributed by atoms with Gasteiger partial charge in [0, 0.05) is 16.5 Å². The summed E-state index contributed by atoms with van der Waals surface area (Å²) in [4.78, 5) is 11.5. The average Bonchev–Trinajstić information content (AvgIpc) is 2.75. The molecule has 0 aliphatic carbocycles. The maximum Gasteiger partial charge on any atom is 0.341 e. The Morgan fingerprint density at radius 3 is 2.80 bits per heavy atom. The third-order valence-corrected chi connectivity index (χ3v) is 3.58. The number of carbonyl (C=O) groups is 1. The quantitative estimate of drug-likeness (QED) is 0.863. The second-order valence-corrected chi connectivity index (χ2v) is 6.18. The van der Waals surface area contributed by atoms with Crippen LogP contribution in [0.1, 0.15) is 30.0 Å². The molecule has 0 fully saturated rings. The molecule has 106 valence electrons. The van der Waals surface area contributed by atoms with Crippen molar-refractivity contribution >= 4 is 33.5 Å². The predicted molar refractivity (Wildman–Crippen MR) is 80.2 cm³/mol. The van der Waals surface area contributed by atoms with E-state index in [4.69, 9.17) is 16.1 Å². The molecule has 0 amide bonds. The molecule has 1 aromatic carbocycles. The summed E-state index contributed by atoms with van der Waals surface area (Å²) < 4.78 is 6.01. The molecule has 0 unspecified atom stereocenters. The van der Waals surface area contributed by atoms with Gasteiger partial charge in [-0.15, -0.1) is 0 Å². The Hall–Kier alpha value is -1.33. The molecule has 0 atom stereocenters. The van der Waals surface area contributed by atoms with Crippen LogP contribution in [-0.4, -0.2) is 16.2 Å². The number of benzene rings is 1. The van der Waals surface area contributed by atoms with E-state index >= 15 is 0 Å². The third kappa shape index (κ3) is 3.04. The summed E-state index contributed by atoms with van der Waals surface area (Å²) in [5, 5.41) is 13.7. The number of rotatable bonds is 4. The Kier molecular flexibility index (Phi) is 4.50. The van der Waals surface area contributed by atoms with Crippen molar-refractivity contribution < 1.29 is 14.4 Å². The maximum atomic E-state index is 11.5. The number of hydrogen-bond donors (Lipinski definition) is 1. The highest BCUT2D eigenvalue weighted by atomic mass is 79.9. The van der Waals surface area contributed by atoms with Gasteiger partial charge in [-0.3, -0.25) is 0 Å². The Morgan fingerprint density at radius 1 is 1.50 bits per heavy atom. The number of aromatic carboxylic acids is 1. The fraction of sp³-hybridized carbons (Fsp3) is 0.286. The molecule has 1 heterocycles. The van der Waals surface area contributed by atoms with Crippen molar-refractivity contribution in [3.8, 4) is 11.3 Å². The van der Waals surface area contributed by atoms with Gasteiger partial charge in [-0.2, -0.15) is 0 Å². The molecule has 1 aromatic heterocycles. The first kappa shape index (κ1) is 15.1. The van der Waals surface area contributed by atoms with Crippen LogP contribution in [0.15, 0.2) is 27.2 Å². The van der Waals surface area contributed by atoms with Gasteiger partial charge in [0.05, 0.1) is 5.02 Å². The van der Waals surface area contributed by atoms with E-state index in [1.54, 1.807) is 18.2 Å². The third-order valence-electron chi connectivity index (χ3n) is 2.75. The van der Waals surface area contributed by atoms with Crippen molar-refractivity contribution in [3.05, 3.63) is 39.0 Å². The normalized spacial score (nSPS) is 11.1. The van der Waals surface area contributed by atoms with Crippen molar-refractivity contribution in [3.63, 3.8) is 0 Å². The number of nitrogens with zero attached hydrogens (tertiary/aromatic N) is 1. The van der Waals surface area contributed by atoms with Crippen LogP contribution in [0.4, 0.5) is 0 Å². The van der Waals surface area contributed by atoms with Gasteiger partial charge in [-0.05, 0) is 24.1 Å². The lowest BCUT2D eigenvalue weighted by atomic mass is 10.0. The minimum Gasteiger partial charge on any atom is -0.477 e. The highest BCUT2D eigenvalue weighted by molar-refractivity contribution is 9.10. The minimum atomic E-state index is -1.06. The smallest absolute Gasteiger partial charge is 0.341 e. The Morgan fingerprint density at radius 2 is 2.20 bits per heavy atom. The molecular formula is C14H13BrClNO3. The summed E-state index contributed by atoms with van der Waals surface area (Å²) in [6.45, 7) is 3.97. The summed E-state index contributed by atoms with van der Waals surface area (Å²) in [6.07, 6.45) is 0.514. The van der Waals surface area contributed by atoms with E-state index in [1.807, 2.05) is 13.8 Å². The van der Waals surface area contributed by atoms with Gasteiger partial charge >= 0.3 is 5.97 Å². The van der Waals surface area contributed by atoms with E-state index in [-0.39, 0.29) is 17.2 Å². The van der Waals surface area contributed by atoms with Crippen LogP contribution in [0.5, 0.6) is 0 Å². The number of carboxylic acid groups (broad SMARTS) is 1. The molecule has 1 N–H and O–H groups in total. The second-order valence-electron chi connectivity index (χ2n) is 4.86. The van der Waals surface area contributed by atoms with E-state index in [0.717, 1.165) is 4.47 Å². The molecule has 0 aliphatic rings. The number of carboxylic acids is 1. The summed E-state index contributed by atoms with van der Waals surface area (Å²) in [6, 6.07) is 5.19. The van der Waals surface area contributed by atoms with E-state index < -0.39 is 5.97 Å². The predicted octanol–water partition coefficient (Wildman–Crippen LogP) is 4.65. The van der Waals surface area contributed by atoms with Gasteiger partial charge in [-0.25, -0.2) is 4.79 Å². The van der Waals surface area contributed by atoms with Gasteiger partial charge < -0.3 is 9.63 Å². The van der Waals surface area contributed by atoms with Crippen LogP contribution in [0, 0.1) is 5.92 Å². The standard InChI is InChI=1S/C14H13BrClNO3/c1-7(2)5-11-12(14(18)19)13(17-20-11)9-6-8(15)3-4-10(9)16/h3-4,6-7H,5H2,1-2H3,(H,18,19). The molecule has 0 radical (unpaired) electrons. The monoisotopic (exact) mass is 357 g/mol. The van der Waals surface area contributed by atoms with Crippen molar-refractivity contribution in [1.82, 2.24) is 5.16 Å². The molecule has 6 heteroatoms. The molecule has 4 nitrogen and oxygen atoms in total. The fourth-order valence-electron chi connectivity index (χ4n) is 1.92. The molecule has 2 rings (SSSR count). The van der Waals surface area contributed by atoms with Crippen molar-refractivity contribution in [2.75, 3.05) is 0 Å². The first-order chi connectivity index (χ1) is 9.40. The number of aromatic nitrogens is 1. The van der Waals surface area contributed by atoms with Crippen LogP contribution in [0.3, 0.4) is 0 Å². The lowest BCUT2D eigenvalue weighted by Crippen LogP contribution is -2.04. The van der Waals surface area contributed by atoms with Crippen LogP contribution >= 0.6 is 27.5 Å². The van der Waals surface area contributed by atoms with Gasteiger partial charge in [-0.1, -0.05) is 46.5 Å². The highest BCUT2D eigenvalue weighted by Gasteiger charge is 2.25. The minimum absolute atomic E-state index is 0.0821. The Labute approximate surface area is 129 Å². The molecule has 0 spiro atoms. The molecule has 0 aliphatic heterocycles. The molecule has 0 saturated carbocycles. The Balaban J connectivity index is 2.59. The summed E-state index contributed by atoms with van der Waals surface area (Å²) in [5.74, 6) is -0.418. The zero-order valence-electron chi connectivity index (χ0n) is 11.0. The zero-order valence-corrected chi connectivity index (χ0v) is 13.3. The van der Waals surface area contributed by atoms with Crippen molar-refractivity contribution in [2.24, 2.45) is 5.92 Å². The molecule has 2 aromatic rings. The zero-order chi connectivity index (χ0) is 14.9. The second kappa shape index (κ2) is 5.97. The van der Waals surface area contributed by atoms with Crippen LogP contribution in [0.25, 0.3) is 11.3 Å². The SMILES string of the molecule is CC(C)Cc1onc(-c2cc(Br)ccc2Cl)c1C(=O)O. The van der Waals surface area contributed by atoms with Crippen LogP contribution in [-0.2, 0) is 6.42 Å². The van der Waals surface area contributed by atoms with Gasteiger partial charge in [0.2, 0.25) is 0 Å². The van der Waals surface area contributed by atoms with Gasteiger partial charge in [0.25, 0.3) is 0 Å². The molecule has 0 bridgehead atoms. The van der Waals surface area contributed by atoms with E-state index in [2.05, 4.69) is 21.1 Å². The largest absolute Gasteiger partial charge is 0.477 e. The first-order valence-electron chi connectivity index (χ1n) is 6.07. The Bertz CT molecular complexity index is 652. The van der Waals surface area contributed by atoms with Crippen LogP contribution in [0.2, 0.25) is 5.02 Å². The van der Waals surface area contributed by atoms with E-state index in [9.17, 15) is 9.90 Å². The summed E-state index contributed by atoms with van der Waals surface area (Å²) in [7, 11) is 0. The fourth-order valence-corrected chi connectivity index (χ4v) is 2.49. The average molecular weight is 359 g/mol. The summed E-state index contributed by atoms with van der Waals surface area (Å²) >= 11 is 9.46. The van der Waals surface area contributed by atoms with Crippen molar-refractivity contribution in [2.45, 2.75) is 20.3 Å². The lowest BCUT2D eigenvalue weighted by molar-refractivity contribution is 0.0695. The molecular weight excluding hydrogens is 346 g/mol. The lowest BCUT2D eigenvalue weighted by Gasteiger charge is -2.04. The number of halogens is 2. The van der Waals surface area contributed by atoms with Gasteiger partial charge in [0.15, 0.2) is 5.76 Å². The molecule has 0 saturated heterocycles. The highest BCUT2D eigenvalue weighted by Crippen LogP contribution is 2.34. The van der Waals surface area contributed by atoms with E-state index in [1.165, 1.54) is 0 Å². The number of hydrogen-bond acceptors (Lipinski definition) is 3.